The average molecular weight is 256 g/mol. The minimum absolute atomic E-state index is 0.0567. The van der Waals surface area contributed by atoms with Crippen LogP contribution in [0.3, 0.4) is 0 Å². The van der Waals surface area contributed by atoms with Gasteiger partial charge in [-0.2, -0.15) is 0 Å². The Hall–Kier alpha value is -1.59. The first kappa shape index (κ1) is 14.5. The smallest absolute Gasteiger partial charge is 0.305 e. The van der Waals surface area contributed by atoms with Crippen molar-refractivity contribution >= 4 is 17.8 Å². The lowest BCUT2D eigenvalue weighted by atomic mass is 9.79. The van der Waals surface area contributed by atoms with Crippen LogP contribution in [0, 0.1) is 0 Å². The first-order chi connectivity index (χ1) is 8.43. The predicted molar refractivity (Wildman–Crippen MR) is 64.9 cm³/mol. The van der Waals surface area contributed by atoms with E-state index in [2.05, 4.69) is 10.6 Å². The molecule has 1 aliphatic rings. The molecule has 0 atom stereocenters. The fraction of sp³-hybridized carbons (Fsp3) is 0.750. The van der Waals surface area contributed by atoms with Crippen molar-refractivity contribution in [2.45, 2.75) is 51.0 Å². The molecule has 0 spiro atoms. The third kappa shape index (κ3) is 4.73. The van der Waals surface area contributed by atoms with E-state index in [1.807, 2.05) is 0 Å². The molecule has 0 aromatic rings. The molecule has 1 saturated carbocycles. The predicted octanol–water partition coefficient (Wildman–Crippen LogP) is 0.416. The van der Waals surface area contributed by atoms with Crippen molar-refractivity contribution in [1.29, 1.82) is 0 Å². The third-order valence-electron chi connectivity index (χ3n) is 3.20. The summed E-state index contributed by atoms with van der Waals surface area (Å²) in [5, 5.41) is 14.1. The number of aliphatic carboxylic acids is 1. The summed E-state index contributed by atoms with van der Waals surface area (Å²) in [6, 6.07) is 0. The SMILES string of the molecule is CC(=O)NCC(=O)NC1(CC(=O)O)CCCCC1. The van der Waals surface area contributed by atoms with Crippen LogP contribution < -0.4 is 10.6 Å². The van der Waals surface area contributed by atoms with Gasteiger partial charge in [0.05, 0.1) is 18.5 Å². The molecule has 0 aliphatic heterocycles. The first-order valence-electron chi connectivity index (χ1n) is 6.21. The van der Waals surface area contributed by atoms with Gasteiger partial charge in [0.1, 0.15) is 0 Å². The summed E-state index contributed by atoms with van der Waals surface area (Å²) < 4.78 is 0. The van der Waals surface area contributed by atoms with Gasteiger partial charge < -0.3 is 15.7 Å². The monoisotopic (exact) mass is 256 g/mol. The van der Waals surface area contributed by atoms with Gasteiger partial charge >= 0.3 is 5.97 Å². The average Bonchev–Trinajstić information content (AvgIpc) is 2.26. The van der Waals surface area contributed by atoms with Gasteiger partial charge in [0, 0.05) is 6.92 Å². The highest BCUT2D eigenvalue weighted by molar-refractivity contribution is 5.84. The number of carbonyl (C=O) groups excluding carboxylic acids is 2. The van der Waals surface area contributed by atoms with Gasteiger partial charge in [-0.25, -0.2) is 0 Å². The highest BCUT2D eigenvalue weighted by Gasteiger charge is 2.35. The molecule has 18 heavy (non-hydrogen) atoms. The zero-order valence-electron chi connectivity index (χ0n) is 10.6. The third-order valence-corrected chi connectivity index (χ3v) is 3.20. The van der Waals surface area contributed by atoms with Crippen LogP contribution in [0.1, 0.15) is 45.4 Å². The molecule has 6 nitrogen and oxygen atoms in total. The molecule has 3 N–H and O–H groups in total. The van der Waals surface area contributed by atoms with Crippen LogP contribution in [-0.2, 0) is 14.4 Å². The summed E-state index contributed by atoms with van der Waals surface area (Å²) in [5.74, 6) is -1.51. The maximum absolute atomic E-state index is 11.7. The van der Waals surface area contributed by atoms with Crippen molar-refractivity contribution in [1.82, 2.24) is 10.6 Å². The van der Waals surface area contributed by atoms with Crippen LogP contribution in [-0.4, -0.2) is 35.0 Å². The van der Waals surface area contributed by atoms with Crippen LogP contribution in [0.5, 0.6) is 0 Å². The zero-order chi connectivity index (χ0) is 13.6. The molecule has 0 aromatic carbocycles. The van der Waals surface area contributed by atoms with Crippen LogP contribution >= 0.6 is 0 Å². The summed E-state index contributed by atoms with van der Waals surface area (Å²) in [4.78, 5) is 33.3. The van der Waals surface area contributed by atoms with Gasteiger partial charge in [-0.1, -0.05) is 19.3 Å². The maximum atomic E-state index is 11.7. The van der Waals surface area contributed by atoms with E-state index >= 15 is 0 Å². The summed E-state index contributed by atoms with van der Waals surface area (Å²) in [6.45, 7) is 1.23. The van der Waals surface area contributed by atoms with Gasteiger partial charge in [-0.3, -0.25) is 14.4 Å². The minimum atomic E-state index is -0.906. The van der Waals surface area contributed by atoms with Gasteiger partial charge in [-0.05, 0) is 12.8 Å². The van der Waals surface area contributed by atoms with Gasteiger partial charge in [0.2, 0.25) is 11.8 Å². The molecule has 0 bridgehead atoms. The highest BCUT2D eigenvalue weighted by atomic mass is 16.4. The molecule has 0 heterocycles. The van der Waals surface area contributed by atoms with Crippen molar-refractivity contribution < 1.29 is 19.5 Å². The molecule has 2 amide bonds. The summed E-state index contributed by atoms with van der Waals surface area (Å²) in [5.41, 5.74) is -0.639. The van der Waals surface area contributed by atoms with E-state index in [0.29, 0.717) is 12.8 Å². The van der Waals surface area contributed by atoms with Crippen molar-refractivity contribution in [2.75, 3.05) is 6.54 Å². The number of carboxylic acid groups (broad SMARTS) is 1. The molecule has 0 aromatic heterocycles. The van der Waals surface area contributed by atoms with Crippen molar-refractivity contribution in [3.8, 4) is 0 Å². The molecule has 1 fully saturated rings. The molecular weight excluding hydrogens is 236 g/mol. The second-order valence-corrected chi connectivity index (χ2v) is 4.87. The Morgan fingerprint density at radius 3 is 2.28 bits per heavy atom. The zero-order valence-corrected chi connectivity index (χ0v) is 10.6. The lowest BCUT2D eigenvalue weighted by molar-refractivity contribution is -0.139. The van der Waals surface area contributed by atoms with E-state index in [9.17, 15) is 14.4 Å². The number of rotatable bonds is 5. The molecule has 102 valence electrons. The molecule has 1 rings (SSSR count). The van der Waals surface area contributed by atoms with Gasteiger partial charge in [0.15, 0.2) is 0 Å². The number of amides is 2. The maximum Gasteiger partial charge on any atom is 0.305 e. The number of hydrogen-bond donors (Lipinski definition) is 3. The molecule has 1 aliphatic carbocycles. The highest BCUT2D eigenvalue weighted by Crippen LogP contribution is 2.31. The summed E-state index contributed by atoms with van der Waals surface area (Å²) >= 11 is 0. The Balaban J connectivity index is 2.57. The van der Waals surface area contributed by atoms with Crippen molar-refractivity contribution in [3.05, 3.63) is 0 Å². The van der Waals surface area contributed by atoms with E-state index in [0.717, 1.165) is 19.3 Å². The quantitative estimate of drug-likeness (QED) is 0.664. The minimum Gasteiger partial charge on any atom is -0.481 e. The fourth-order valence-electron chi connectivity index (χ4n) is 2.41. The topological polar surface area (TPSA) is 95.5 Å². The lowest BCUT2D eigenvalue weighted by Gasteiger charge is -2.37. The van der Waals surface area contributed by atoms with Crippen LogP contribution in [0.25, 0.3) is 0 Å². The Labute approximate surface area is 106 Å². The molecule has 0 saturated heterocycles. The second kappa shape index (κ2) is 6.37. The Morgan fingerprint density at radius 2 is 1.78 bits per heavy atom. The number of nitrogens with one attached hydrogen (secondary N) is 2. The summed E-state index contributed by atoms with van der Waals surface area (Å²) in [6.07, 6.45) is 4.24. The van der Waals surface area contributed by atoms with E-state index in [1.54, 1.807) is 0 Å². The molecule has 0 radical (unpaired) electrons. The van der Waals surface area contributed by atoms with Gasteiger partial charge in [0.25, 0.3) is 0 Å². The van der Waals surface area contributed by atoms with E-state index in [4.69, 9.17) is 5.11 Å². The largest absolute Gasteiger partial charge is 0.481 e. The van der Waals surface area contributed by atoms with E-state index in [-0.39, 0.29) is 24.8 Å². The lowest BCUT2D eigenvalue weighted by Crippen LogP contribution is -2.53. The molecular formula is C12H20N2O4. The van der Waals surface area contributed by atoms with Crippen molar-refractivity contribution in [2.24, 2.45) is 0 Å². The van der Waals surface area contributed by atoms with Crippen LogP contribution in [0.2, 0.25) is 0 Å². The summed E-state index contributed by atoms with van der Waals surface area (Å²) in [7, 11) is 0. The van der Waals surface area contributed by atoms with Crippen LogP contribution in [0.15, 0.2) is 0 Å². The fourth-order valence-corrected chi connectivity index (χ4v) is 2.41. The number of hydrogen-bond acceptors (Lipinski definition) is 3. The first-order valence-corrected chi connectivity index (χ1v) is 6.21. The second-order valence-electron chi connectivity index (χ2n) is 4.87. The molecule has 0 unspecified atom stereocenters. The standard InChI is InChI=1S/C12H20N2O4/c1-9(15)13-8-10(16)14-12(7-11(17)18)5-3-2-4-6-12/h2-8H2,1H3,(H,13,15)(H,14,16)(H,17,18). The van der Waals surface area contributed by atoms with Crippen molar-refractivity contribution in [3.63, 3.8) is 0 Å². The van der Waals surface area contributed by atoms with E-state index < -0.39 is 11.5 Å². The number of carbonyl (C=O) groups is 3. The molecule has 6 heteroatoms. The Kier molecular flexibility index (Phi) is 5.12. The van der Waals surface area contributed by atoms with Crippen LogP contribution in [0.4, 0.5) is 0 Å². The van der Waals surface area contributed by atoms with E-state index in [1.165, 1.54) is 6.92 Å². The number of carboxylic acids is 1. The van der Waals surface area contributed by atoms with Gasteiger partial charge in [-0.15, -0.1) is 0 Å². The Morgan fingerprint density at radius 1 is 1.17 bits per heavy atom. The Bertz CT molecular complexity index is 335. The normalized spacial score (nSPS) is 17.8.